The fourth-order valence-corrected chi connectivity index (χ4v) is 2.86. The smallest absolute Gasteiger partial charge is 0.234 e. The molecule has 0 saturated carbocycles. The number of halogens is 1. The van der Waals surface area contributed by atoms with Gasteiger partial charge in [-0.15, -0.1) is 12.4 Å². The first-order valence-electron chi connectivity index (χ1n) is 6.67. The maximum absolute atomic E-state index is 11.4. The third-order valence-corrected chi connectivity index (χ3v) is 3.22. The molecule has 1 aliphatic heterocycles. The first-order chi connectivity index (χ1) is 8.01. The standard InChI is InChI=1S/C13H27N3O.ClH/c1-10-5-11(2)8-16(7-10)9-12(3)15-13(17)6-14-4;/h10-12,14H,5-9H2,1-4H3,(H,15,17);1H. The molecule has 0 aromatic heterocycles. The molecule has 3 unspecified atom stereocenters. The van der Waals surface area contributed by atoms with Gasteiger partial charge < -0.3 is 15.5 Å². The van der Waals surface area contributed by atoms with Crippen molar-refractivity contribution in [1.29, 1.82) is 0 Å². The maximum Gasteiger partial charge on any atom is 0.234 e. The molecule has 1 aliphatic rings. The lowest BCUT2D eigenvalue weighted by Gasteiger charge is -2.36. The average molecular weight is 278 g/mol. The molecule has 2 N–H and O–H groups in total. The van der Waals surface area contributed by atoms with Crippen molar-refractivity contribution in [2.24, 2.45) is 11.8 Å². The van der Waals surface area contributed by atoms with Crippen molar-refractivity contribution in [3.63, 3.8) is 0 Å². The highest BCUT2D eigenvalue weighted by molar-refractivity contribution is 5.85. The Balaban J connectivity index is 0.00000289. The lowest BCUT2D eigenvalue weighted by atomic mass is 9.92. The number of piperidine rings is 1. The van der Waals surface area contributed by atoms with Gasteiger partial charge >= 0.3 is 0 Å². The second-order valence-electron chi connectivity index (χ2n) is 5.66. The van der Waals surface area contributed by atoms with Crippen molar-refractivity contribution in [1.82, 2.24) is 15.5 Å². The zero-order valence-electron chi connectivity index (χ0n) is 12.0. The molecular formula is C13H28ClN3O. The molecule has 0 aromatic carbocycles. The maximum atomic E-state index is 11.4. The zero-order chi connectivity index (χ0) is 12.8. The third kappa shape index (κ3) is 6.57. The summed E-state index contributed by atoms with van der Waals surface area (Å²) in [5.41, 5.74) is 0. The normalized spacial score (nSPS) is 26.2. The number of amides is 1. The van der Waals surface area contributed by atoms with E-state index in [1.807, 2.05) is 0 Å². The van der Waals surface area contributed by atoms with Crippen molar-refractivity contribution in [2.75, 3.05) is 33.2 Å². The SMILES string of the molecule is CNCC(=O)NC(C)CN1CC(C)CC(C)C1.Cl. The van der Waals surface area contributed by atoms with Gasteiger partial charge in [-0.2, -0.15) is 0 Å². The first kappa shape index (κ1) is 17.7. The van der Waals surface area contributed by atoms with E-state index in [1.165, 1.54) is 6.42 Å². The van der Waals surface area contributed by atoms with Crippen LogP contribution in [0.25, 0.3) is 0 Å². The highest BCUT2D eigenvalue weighted by atomic mass is 35.5. The molecule has 3 atom stereocenters. The summed E-state index contributed by atoms with van der Waals surface area (Å²) >= 11 is 0. The summed E-state index contributed by atoms with van der Waals surface area (Å²) in [4.78, 5) is 13.9. The Kier molecular flexibility index (Phi) is 8.57. The van der Waals surface area contributed by atoms with Crippen molar-refractivity contribution in [3.8, 4) is 0 Å². The fourth-order valence-electron chi connectivity index (χ4n) is 2.86. The quantitative estimate of drug-likeness (QED) is 0.791. The topological polar surface area (TPSA) is 44.4 Å². The minimum absolute atomic E-state index is 0. The van der Waals surface area contributed by atoms with E-state index in [9.17, 15) is 4.79 Å². The Morgan fingerprint density at radius 1 is 1.33 bits per heavy atom. The number of nitrogens with one attached hydrogen (secondary N) is 2. The molecule has 1 saturated heterocycles. The lowest BCUT2D eigenvalue weighted by molar-refractivity contribution is -0.120. The van der Waals surface area contributed by atoms with Crippen LogP contribution in [-0.4, -0.2) is 50.1 Å². The molecule has 5 heteroatoms. The molecule has 0 aliphatic carbocycles. The molecular weight excluding hydrogens is 250 g/mol. The molecule has 1 amide bonds. The predicted molar refractivity (Wildman–Crippen MR) is 78.2 cm³/mol. The highest BCUT2D eigenvalue weighted by Gasteiger charge is 2.23. The third-order valence-electron chi connectivity index (χ3n) is 3.22. The summed E-state index contributed by atoms with van der Waals surface area (Å²) < 4.78 is 0. The second-order valence-corrected chi connectivity index (χ2v) is 5.66. The van der Waals surface area contributed by atoms with Crippen LogP contribution in [-0.2, 0) is 4.79 Å². The Bertz CT molecular complexity index is 240. The second kappa shape index (κ2) is 8.73. The summed E-state index contributed by atoms with van der Waals surface area (Å²) in [6.45, 7) is 10.4. The number of hydrogen-bond donors (Lipinski definition) is 2. The van der Waals surface area contributed by atoms with Gasteiger partial charge in [-0.1, -0.05) is 13.8 Å². The van der Waals surface area contributed by atoms with Gasteiger partial charge in [0.05, 0.1) is 6.54 Å². The summed E-state index contributed by atoms with van der Waals surface area (Å²) in [6, 6.07) is 0.230. The van der Waals surface area contributed by atoms with Crippen LogP contribution in [0.15, 0.2) is 0 Å². The van der Waals surface area contributed by atoms with Gasteiger partial charge in [-0.05, 0) is 32.2 Å². The van der Waals surface area contributed by atoms with Crippen LogP contribution in [0, 0.1) is 11.8 Å². The van der Waals surface area contributed by atoms with Crippen molar-refractivity contribution in [2.45, 2.75) is 33.2 Å². The van der Waals surface area contributed by atoms with E-state index < -0.39 is 0 Å². The number of carbonyl (C=O) groups excluding carboxylic acids is 1. The van der Waals surface area contributed by atoms with Gasteiger partial charge in [-0.3, -0.25) is 4.79 Å². The molecule has 1 heterocycles. The van der Waals surface area contributed by atoms with Gasteiger partial charge in [0.2, 0.25) is 5.91 Å². The molecule has 0 bridgehead atoms. The number of hydrogen-bond acceptors (Lipinski definition) is 3. The average Bonchev–Trinajstić information content (AvgIpc) is 2.14. The van der Waals surface area contributed by atoms with Crippen LogP contribution in [0.3, 0.4) is 0 Å². The van der Waals surface area contributed by atoms with E-state index in [-0.39, 0.29) is 24.4 Å². The summed E-state index contributed by atoms with van der Waals surface area (Å²) in [5.74, 6) is 1.64. The van der Waals surface area contributed by atoms with Crippen molar-refractivity contribution >= 4 is 18.3 Å². The first-order valence-corrected chi connectivity index (χ1v) is 6.67. The largest absolute Gasteiger partial charge is 0.351 e. The molecule has 0 aromatic rings. The Morgan fingerprint density at radius 3 is 2.39 bits per heavy atom. The van der Waals surface area contributed by atoms with E-state index >= 15 is 0 Å². The van der Waals surface area contributed by atoms with Crippen LogP contribution >= 0.6 is 12.4 Å². The minimum atomic E-state index is 0. The van der Waals surface area contributed by atoms with Crippen LogP contribution < -0.4 is 10.6 Å². The molecule has 1 rings (SSSR count). The molecule has 0 spiro atoms. The van der Waals surface area contributed by atoms with Gasteiger partial charge in [0.15, 0.2) is 0 Å². The van der Waals surface area contributed by atoms with E-state index in [4.69, 9.17) is 0 Å². The van der Waals surface area contributed by atoms with Gasteiger partial charge in [-0.25, -0.2) is 0 Å². The molecule has 18 heavy (non-hydrogen) atoms. The summed E-state index contributed by atoms with van der Waals surface area (Å²) in [5, 5.41) is 5.88. The zero-order valence-corrected chi connectivity index (χ0v) is 12.8. The van der Waals surface area contributed by atoms with E-state index in [0.717, 1.165) is 31.5 Å². The number of likely N-dealkylation sites (N-methyl/N-ethyl adjacent to an activating group) is 1. The number of nitrogens with zero attached hydrogens (tertiary/aromatic N) is 1. The molecule has 0 radical (unpaired) electrons. The monoisotopic (exact) mass is 277 g/mol. The van der Waals surface area contributed by atoms with Crippen molar-refractivity contribution < 1.29 is 4.79 Å². The van der Waals surface area contributed by atoms with E-state index in [1.54, 1.807) is 7.05 Å². The van der Waals surface area contributed by atoms with Gasteiger partial charge in [0.1, 0.15) is 0 Å². The molecule has 4 nitrogen and oxygen atoms in total. The number of rotatable bonds is 5. The Hall–Kier alpha value is -0.320. The fraction of sp³-hybridized carbons (Fsp3) is 0.923. The van der Waals surface area contributed by atoms with Crippen molar-refractivity contribution in [3.05, 3.63) is 0 Å². The van der Waals surface area contributed by atoms with E-state index in [2.05, 4.69) is 36.3 Å². The molecule has 1 fully saturated rings. The minimum Gasteiger partial charge on any atom is -0.351 e. The Labute approximate surface area is 117 Å². The van der Waals surface area contributed by atoms with Gasteiger partial charge in [0.25, 0.3) is 0 Å². The Morgan fingerprint density at radius 2 is 1.89 bits per heavy atom. The number of likely N-dealkylation sites (tertiary alicyclic amines) is 1. The van der Waals surface area contributed by atoms with Crippen LogP contribution in [0.2, 0.25) is 0 Å². The summed E-state index contributed by atoms with van der Waals surface area (Å²) in [6.07, 6.45) is 1.33. The van der Waals surface area contributed by atoms with E-state index in [0.29, 0.717) is 6.54 Å². The molecule has 108 valence electrons. The van der Waals surface area contributed by atoms with Crippen LogP contribution in [0.5, 0.6) is 0 Å². The van der Waals surface area contributed by atoms with Crippen LogP contribution in [0.1, 0.15) is 27.2 Å². The lowest BCUT2D eigenvalue weighted by Crippen LogP contribution is -2.48. The van der Waals surface area contributed by atoms with Crippen LogP contribution in [0.4, 0.5) is 0 Å². The summed E-state index contributed by atoms with van der Waals surface area (Å²) in [7, 11) is 1.79. The number of carbonyl (C=O) groups is 1. The highest BCUT2D eigenvalue weighted by Crippen LogP contribution is 2.20. The predicted octanol–water partition coefficient (Wildman–Crippen LogP) is 1.11. The van der Waals surface area contributed by atoms with Gasteiger partial charge in [0, 0.05) is 25.7 Å².